The zero-order valence-corrected chi connectivity index (χ0v) is 13.6. The second kappa shape index (κ2) is 9.04. The number of hydrogen-bond acceptors (Lipinski definition) is 5. The van der Waals surface area contributed by atoms with Crippen LogP contribution in [0.1, 0.15) is 33.1 Å². The lowest BCUT2D eigenvalue weighted by molar-refractivity contribution is 0.0279. The minimum Gasteiger partial charge on any atom is -0.377 e. The molecule has 0 bridgehead atoms. The summed E-state index contributed by atoms with van der Waals surface area (Å²) in [6, 6.07) is 0.798. The highest BCUT2D eigenvalue weighted by molar-refractivity contribution is 6.60. The third-order valence-corrected chi connectivity index (χ3v) is 6.18. The highest BCUT2D eigenvalue weighted by Crippen LogP contribution is 2.16. The Hall–Kier alpha value is 0.0169. The molecule has 0 saturated carbocycles. The first-order valence-corrected chi connectivity index (χ1v) is 9.10. The molecule has 0 spiro atoms. The Kier molecular flexibility index (Phi) is 8.13. The molecule has 0 N–H and O–H groups in total. The van der Waals surface area contributed by atoms with Crippen LogP contribution >= 0.6 is 0 Å². The van der Waals surface area contributed by atoms with Crippen LogP contribution in [0.4, 0.5) is 0 Å². The lowest BCUT2D eigenvalue weighted by Gasteiger charge is -2.25. The van der Waals surface area contributed by atoms with Crippen LogP contribution in [0.2, 0.25) is 6.04 Å². The average Bonchev–Trinajstić information content (AvgIpc) is 3.27. The third-order valence-electron chi connectivity index (χ3n) is 3.42. The molecule has 1 fully saturated rings. The van der Waals surface area contributed by atoms with Gasteiger partial charge in [0.25, 0.3) is 0 Å². The van der Waals surface area contributed by atoms with E-state index >= 15 is 0 Å². The maximum absolute atomic E-state index is 5.82. The summed E-state index contributed by atoms with van der Waals surface area (Å²) in [4.78, 5) is 0. The van der Waals surface area contributed by atoms with E-state index in [1.54, 1.807) is 14.2 Å². The van der Waals surface area contributed by atoms with Crippen molar-refractivity contribution in [2.45, 2.75) is 51.4 Å². The fraction of sp³-hybridized carbons (Fsp3) is 1.00. The molecule has 1 heterocycles. The van der Waals surface area contributed by atoms with Crippen molar-refractivity contribution >= 4 is 8.80 Å². The monoisotopic (exact) mass is 292 g/mol. The molecule has 0 radical (unpaired) electrons. The quantitative estimate of drug-likeness (QED) is 0.314. The molecule has 114 valence electrons. The first-order chi connectivity index (χ1) is 9.19. The average molecular weight is 292 g/mol. The van der Waals surface area contributed by atoms with Gasteiger partial charge in [0.15, 0.2) is 0 Å². The summed E-state index contributed by atoms with van der Waals surface area (Å²) in [7, 11) is 0.932. The van der Waals surface area contributed by atoms with Crippen LogP contribution < -0.4 is 0 Å². The zero-order valence-electron chi connectivity index (χ0n) is 12.6. The van der Waals surface area contributed by atoms with Gasteiger partial charge in [-0.3, -0.25) is 0 Å². The van der Waals surface area contributed by atoms with Crippen molar-refractivity contribution in [2.75, 3.05) is 34.0 Å². The third kappa shape index (κ3) is 6.33. The van der Waals surface area contributed by atoms with Gasteiger partial charge in [-0.1, -0.05) is 13.8 Å². The van der Waals surface area contributed by atoms with Gasteiger partial charge in [-0.2, -0.15) is 0 Å². The largest absolute Gasteiger partial charge is 0.500 e. The van der Waals surface area contributed by atoms with E-state index in [1.165, 1.54) is 0 Å². The van der Waals surface area contributed by atoms with Gasteiger partial charge >= 0.3 is 8.80 Å². The second-order valence-corrected chi connectivity index (χ2v) is 7.93. The van der Waals surface area contributed by atoms with Gasteiger partial charge in [0.1, 0.15) is 6.10 Å². The van der Waals surface area contributed by atoms with E-state index in [-0.39, 0.29) is 0 Å². The van der Waals surface area contributed by atoms with Gasteiger partial charge < -0.3 is 22.8 Å². The van der Waals surface area contributed by atoms with Crippen LogP contribution in [0.15, 0.2) is 0 Å². The van der Waals surface area contributed by atoms with Crippen molar-refractivity contribution < 1.29 is 22.8 Å². The molecule has 1 saturated heterocycles. The minimum atomic E-state index is -2.39. The SMILES string of the molecule is CCC(CCCO[Si](CC)(OC)OC)OCC1CO1. The molecule has 0 amide bonds. The summed E-state index contributed by atoms with van der Waals surface area (Å²) in [5, 5.41) is 0. The second-order valence-electron chi connectivity index (χ2n) is 4.75. The normalized spacial score (nSPS) is 20.5. The van der Waals surface area contributed by atoms with E-state index in [0.29, 0.717) is 18.8 Å². The molecule has 0 aromatic carbocycles. The smallest absolute Gasteiger partial charge is 0.377 e. The van der Waals surface area contributed by atoms with E-state index in [1.807, 2.05) is 6.92 Å². The number of rotatable bonds is 12. The van der Waals surface area contributed by atoms with E-state index in [4.69, 9.17) is 22.8 Å². The Bertz CT molecular complexity index is 223. The molecule has 1 aliphatic heterocycles. The van der Waals surface area contributed by atoms with Crippen molar-refractivity contribution in [3.8, 4) is 0 Å². The molecule has 2 unspecified atom stereocenters. The van der Waals surface area contributed by atoms with Crippen molar-refractivity contribution in [2.24, 2.45) is 0 Å². The minimum absolute atomic E-state index is 0.301. The fourth-order valence-corrected chi connectivity index (χ4v) is 3.58. The van der Waals surface area contributed by atoms with Gasteiger partial charge in [0, 0.05) is 26.9 Å². The topological polar surface area (TPSA) is 49.5 Å². The van der Waals surface area contributed by atoms with Gasteiger partial charge in [-0.25, -0.2) is 0 Å². The number of epoxide rings is 1. The lowest BCUT2D eigenvalue weighted by Crippen LogP contribution is -2.43. The standard InChI is InChI=1S/C13H28O5Si/c1-5-12(16-10-13-11-17-13)8-7-9-18-19(6-2,14-3)15-4/h12-13H,5-11H2,1-4H3. The van der Waals surface area contributed by atoms with E-state index in [9.17, 15) is 0 Å². The summed E-state index contributed by atoms with van der Waals surface area (Å²) in [5.74, 6) is 0. The summed E-state index contributed by atoms with van der Waals surface area (Å²) < 4.78 is 27.6. The Balaban J connectivity index is 2.12. The Morgan fingerprint density at radius 3 is 2.42 bits per heavy atom. The van der Waals surface area contributed by atoms with Crippen molar-refractivity contribution in [1.29, 1.82) is 0 Å². The molecule has 1 rings (SSSR count). The van der Waals surface area contributed by atoms with Crippen LogP contribution in [0.3, 0.4) is 0 Å². The highest BCUT2D eigenvalue weighted by Gasteiger charge is 2.36. The zero-order chi connectivity index (χ0) is 14.1. The van der Waals surface area contributed by atoms with Crippen molar-refractivity contribution in [3.63, 3.8) is 0 Å². The maximum Gasteiger partial charge on any atom is 0.500 e. The van der Waals surface area contributed by atoms with Gasteiger partial charge in [-0.05, 0) is 19.3 Å². The molecule has 0 aliphatic carbocycles. The number of hydrogen-bond donors (Lipinski definition) is 0. The predicted octanol–water partition coefficient (Wildman–Crippen LogP) is 2.23. The first-order valence-electron chi connectivity index (χ1n) is 7.17. The van der Waals surface area contributed by atoms with Gasteiger partial charge in [-0.15, -0.1) is 0 Å². The Morgan fingerprint density at radius 2 is 1.95 bits per heavy atom. The Labute approximate surface area is 117 Å². The van der Waals surface area contributed by atoms with Gasteiger partial charge in [0.05, 0.1) is 19.3 Å². The van der Waals surface area contributed by atoms with Crippen LogP contribution in [-0.2, 0) is 22.8 Å². The van der Waals surface area contributed by atoms with Crippen LogP contribution in [0, 0.1) is 0 Å². The van der Waals surface area contributed by atoms with E-state index < -0.39 is 8.80 Å². The number of ether oxygens (including phenoxy) is 2. The molecule has 2 atom stereocenters. The molecular formula is C13H28O5Si. The lowest BCUT2D eigenvalue weighted by atomic mass is 10.1. The molecule has 1 aliphatic rings. The molecule has 0 aromatic heterocycles. The first kappa shape index (κ1) is 17.1. The predicted molar refractivity (Wildman–Crippen MR) is 75.2 cm³/mol. The maximum atomic E-state index is 5.82. The summed E-state index contributed by atoms with van der Waals surface area (Å²) >= 11 is 0. The van der Waals surface area contributed by atoms with E-state index in [2.05, 4.69) is 6.92 Å². The van der Waals surface area contributed by atoms with Crippen LogP contribution in [-0.4, -0.2) is 55.1 Å². The van der Waals surface area contributed by atoms with Crippen molar-refractivity contribution in [1.82, 2.24) is 0 Å². The molecule has 0 aromatic rings. The molecule has 5 nitrogen and oxygen atoms in total. The Morgan fingerprint density at radius 1 is 1.26 bits per heavy atom. The molecular weight excluding hydrogens is 264 g/mol. The summed E-state index contributed by atoms with van der Waals surface area (Å²) in [6.07, 6.45) is 3.64. The molecule has 19 heavy (non-hydrogen) atoms. The van der Waals surface area contributed by atoms with Crippen LogP contribution in [0.25, 0.3) is 0 Å². The molecule has 6 heteroatoms. The summed E-state index contributed by atoms with van der Waals surface area (Å²) in [5.41, 5.74) is 0. The summed E-state index contributed by atoms with van der Waals surface area (Å²) in [6.45, 7) is 6.43. The van der Waals surface area contributed by atoms with Crippen molar-refractivity contribution in [3.05, 3.63) is 0 Å². The fourth-order valence-electron chi connectivity index (χ4n) is 1.94. The van der Waals surface area contributed by atoms with Gasteiger partial charge in [0.2, 0.25) is 0 Å². The highest BCUT2D eigenvalue weighted by atomic mass is 28.4. The van der Waals surface area contributed by atoms with E-state index in [0.717, 1.165) is 38.5 Å². The van der Waals surface area contributed by atoms with Crippen LogP contribution in [0.5, 0.6) is 0 Å².